The van der Waals surface area contributed by atoms with Crippen LogP contribution in [0.2, 0.25) is 0 Å². The van der Waals surface area contributed by atoms with Crippen LogP contribution in [-0.2, 0) is 4.79 Å². The summed E-state index contributed by atoms with van der Waals surface area (Å²) in [6, 6.07) is 13.9. The number of rotatable bonds is 6. The zero-order valence-electron chi connectivity index (χ0n) is 17.6. The Morgan fingerprint density at radius 3 is 2.50 bits per heavy atom. The first kappa shape index (κ1) is 20.3. The van der Waals surface area contributed by atoms with E-state index in [9.17, 15) is 4.79 Å². The molecule has 0 unspecified atom stereocenters. The topological polar surface area (TPSA) is 56.8 Å². The van der Waals surface area contributed by atoms with Crippen LogP contribution in [0, 0.1) is 0 Å². The standard InChI is InChI=1S/C25H29NO4/c1-28-22-10-6-3-7-18(22)13-19-14-20(16-26-25(19)27)17-11-12-23(29-2)24(15-17)30-21-8-4-5-9-21/h3,6-7,10-13,15,20-21H,4-5,8-9,14,16H2,1-2H3,(H,26,27)/b19-13+/t20-/m1/s1. The normalized spacial score (nSPS) is 20.8. The first-order valence-corrected chi connectivity index (χ1v) is 10.6. The van der Waals surface area contributed by atoms with Crippen LogP contribution in [0.25, 0.3) is 6.08 Å². The first-order chi connectivity index (χ1) is 14.7. The summed E-state index contributed by atoms with van der Waals surface area (Å²) in [6.07, 6.45) is 7.49. The molecule has 1 atom stereocenters. The van der Waals surface area contributed by atoms with Crippen LogP contribution in [-0.4, -0.2) is 32.8 Å². The van der Waals surface area contributed by atoms with Gasteiger partial charge in [0.15, 0.2) is 11.5 Å². The Bertz CT molecular complexity index is 930. The van der Waals surface area contributed by atoms with Crippen molar-refractivity contribution >= 4 is 12.0 Å². The Morgan fingerprint density at radius 1 is 0.967 bits per heavy atom. The highest BCUT2D eigenvalue weighted by molar-refractivity contribution is 5.99. The summed E-state index contributed by atoms with van der Waals surface area (Å²) in [7, 11) is 3.32. The van der Waals surface area contributed by atoms with Crippen LogP contribution in [0.5, 0.6) is 17.2 Å². The molecule has 2 aromatic rings. The van der Waals surface area contributed by atoms with Gasteiger partial charge in [0.05, 0.1) is 20.3 Å². The highest BCUT2D eigenvalue weighted by Gasteiger charge is 2.26. The van der Waals surface area contributed by atoms with Gasteiger partial charge < -0.3 is 19.5 Å². The van der Waals surface area contributed by atoms with E-state index in [0.29, 0.717) is 13.0 Å². The zero-order valence-corrected chi connectivity index (χ0v) is 17.6. The molecular formula is C25H29NO4. The van der Waals surface area contributed by atoms with Gasteiger partial charge in [-0.15, -0.1) is 0 Å². The monoisotopic (exact) mass is 407 g/mol. The predicted octanol–water partition coefficient (Wildman–Crippen LogP) is 4.71. The second-order valence-corrected chi connectivity index (χ2v) is 7.96. The van der Waals surface area contributed by atoms with Gasteiger partial charge in [0.1, 0.15) is 5.75 Å². The van der Waals surface area contributed by atoms with Crippen LogP contribution in [0.4, 0.5) is 0 Å². The summed E-state index contributed by atoms with van der Waals surface area (Å²) < 4.78 is 17.2. The molecule has 1 N–H and O–H groups in total. The molecule has 5 nitrogen and oxygen atoms in total. The Labute approximate surface area is 178 Å². The van der Waals surface area contributed by atoms with Crippen LogP contribution < -0.4 is 19.5 Å². The van der Waals surface area contributed by atoms with Crippen molar-refractivity contribution in [1.82, 2.24) is 5.32 Å². The van der Waals surface area contributed by atoms with Gasteiger partial charge in [-0.1, -0.05) is 24.3 Å². The van der Waals surface area contributed by atoms with Gasteiger partial charge in [-0.25, -0.2) is 0 Å². The van der Waals surface area contributed by atoms with Gasteiger partial charge in [-0.2, -0.15) is 0 Å². The molecule has 1 amide bonds. The summed E-state index contributed by atoms with van der Waals surface area (Å²) in [5, 5.41) is 3.04. The average molecular weight is 408 g/mol. The van der Waals surface area contributed by atoms with Gasteiger partial charge in [0, 0.05) is 23.6 Å². The fraction of sp³-hybridized carbons (Fsp3) is 0.400. The number of amides is 1. The zero-order chi connectivity index (χ0) is 20.9. The van der Waals surface area contributed by atoms with Crippen LogP contribution >= 0.6 is 0 Å². The molecule has 1 aliphatic heterocycles. The SMILES string of the molecule is COc1ccccc1/C=C1\C[C@@H](c2ccc(OC)c(OC3CCCC3)c2)CNC1=O. The maximum atomic E-state index is 12.5. The number of nitrogens with one attached hydrogen (secondary N) is 1. The van der Waals surface area contributed by atoms with E-state index in [1.807, 2.05) is 36.4 Å². The third kappa shape index (κ3) is 4.45. The average Bonchev–Trinajstić information content (AvgIpc) is 3.29. The second kappa shape index (κ2) is 9.24. The van der Waals surface area contributed by atoms with E-state index in [1.165, 1.54) is 12.8 Å². The van der Waals surface area contributed by atoms with E-state index in [-0.39, 0.29) is 17.9 Å². The van der Waals surface area contributed by atoms with Crippen molar-refractivity contribution in [2.75, 3.05) is 20.8 Å². The molecule has 158 valence electrons. The molecule has 1 saturated heterocycles. The maximum absolute atomic E-state index is 12.5. The molecule has 1 heterocycles. The van der Waals surface area contributed by atoms with Gasteiger partial charge >= 0.3 is 0 Å². The summed E-state index contributed by atoms with van der Waals surface area (Å²) in [6.45, 7) is 0.608. The molecule has 2 fully saturated rings. The minimum absolute atomic E-state index is 0.0203. The molecule has 2 aromatic carbocycles. The fourth-order valence-corrected chi connectivity index (χ4v) is 4.32. The quantitative estimate of drug-likeness (QED) is 0.705. The third-order valence-corrected chi connectivity index (χ3v) is 5.99. The molecule has 0 radical (unpaired) electrons. The van der Waals surface area contributed by atoms with Crippen molar-refractivity contribution < 1.29 is 19.0 Å². The first-order valence-electron chi connectivity index (χ1n) is 10.6. The van der Waals surface area contributed by atoms with Gasteiger partial charge in [-0.3, -0.25) is 4.79 Å². The highest BCUT2D eigenvalue weighted by Crippen LogP contribution is 2.37. The molecular weight excluding hydrogens is 378 g/mol. The van der Waals surface area contributed by atoms with Crippen molar-refractivity contribution in [1.29, 1.82) is 0 Å². The molecule has 4 rings (SSSR count). The van der Waals surface area contributed by atoms with E-state index < -0.39 is 0 Å². The number of carbonyl (C=O) groups is 1. The predicted molar refractivity (Wildman–Crippen MR) is 117 cm³/mol. The fourth-order valence-electron chi connectivity index (χ4n) is 4.32. The lowest BCUT2D eigenvalue weighted by atomic mass is 9.87. The number of piperidine rings is 1. The summed E-state index contributed by atoms with van der Waals surface area (Å²) in [5.74, 6) is 2.48. The van der Waals surface area contributed by atoms with E-state index >= 15 is 0 Å². The van der Waals surface area contributed by atoms with E-state index in [0.717, 1.165) is 46.8 Å². The number of ether oxygens (including phenoxy) is 3. The number of hydrogen-bond acceptors (Lipinski definition) is 4. The lowest BCUT2D eigenvalue weighted by Crippen LogP contribution is -2.35. The minimum atomic E-state index is -0.0203. The van der Waals surface area contributed by atoms with Crippen molar-refractivity contribution in [2.24, 2.45) is 0 Å². The van der Waals surface area contributed by atoms with Crippen molar-refractivity contribution in [3.63, 3.8) is 0 Å². The molecule has 2 aliphatic rings. The Kier molecular flexibility index (Phi) is 6.26. The Hall–Kier alpha value is -2.95. The van der Waals surface area contributed by atoms with Gasteiger partial charge in [0.2, 0.25) is 5.91 Å². The summed E-state index contributed by atoms with van der Waals surface area (Å²) >= 11 is 0. The molecule has 5 heteroatoms. The number of hydrogen-bond donors (Lipinski definition) is 1. The van der Waals surface area contributed by atoms with Crippen molar-refractivity contribution in [2.45, 2.75) is 44.1 Å². The van der Waals surface area contributed by atoms with Crippen LogP contribution in [0.15, 0.2) is 48.0 Å². The van der Waals surface area contributed by atoms with Crippen LogP contribution in [0.1, 0.15) is 49.1 Å². The van der Waals surface area contributed by atoms with Gasteiger partial charge in [-0.05, 0) is 61.9 Å². The molecule has 0 spiro atoms. The maximum Gasteiger partial charge on any atom is 0.247 e. The Balaban J connectivity index is 1.58. The number of para-hydroxylation sites is 1. The molecule has 1 aliphatic carbocycles. The van der Waals surface area contributed by atoms with E-state index in [2.05, 4.69) is 17.4 Å². The van der Waals surface area contributed by atoms with Crippen LogP contribution in [0.3, 0.4) is 0 Å². The van der Waals surface area contributed by atoms with Crippen molar-refractivity contribution in [3.8, 4) is 17.2 Å². The van der Waals surface area contributed by atoms with Crippen molar-refractivity contribution in [3.05, 3.63) is 59.2 Å². The smallest absolute Gasteiger partial charge is 0.247 e. The largest absolute Gasteiger partial charge is 0.496 e. The summed E-state index contributed by atoms with van der Waals surface area (Å²) in [4.78, 5) is 12.5. The number of methoxy groups -OCH3 is 2. The Morgan fingerprint density at radius 2 is 1.73 bits per heavy atom. The molecule has 0 aromatic heterocycles. The number of carbonyl (C=O) groups excluding carboxylic acids is 1. The van der Waals surface area contributed by atoms with E-state index in [1.54, 1.807) is 14.2 Å². The lowest BCUT2D eigenvalue weighted by Gasteiger charge is -2.26. The highest BCUT2D eigenvalue weighted by atomic mass is 16.5. The molecule has 1 saturated carbocycles. The third-order valence-electron chi connectivity index (χ3n) is 5.99. The summed E-state index contributed by atoms with van der Waals surface area (Å²) in [5.41, 5.74) is 2.81. The number of benzene rings is 2. The minimum Gasteiger partial charge on any atom is -0.496 e. The van der Waals surface area contributed by atoms with Gasteiger partial charge in [0.25, 0.3) is 0 Å². The molecule has 30 heavy (non-hydrogen) atoms. The lowest BCUT2D eigenvalue weighted by molar-refractivity contribution is -0.118. The second-order valence-electron chi connectivity index (χ2n) is 7.96. The molecule has 0 bridgehead atoms. The van der Waals surface area contributed by atoms with E-state index in [4.69, 9.17) is 14.2 Å².